The number of carboxylic acids is 1. The number of nitrogens with one attached hydrogen (secondary N) is 1. The molecule has 2 N–H and O–H groups in total. The van der Waals surface area contributed by atoms with Crippen LogP contribution in [-0.4, -0.2) is 32.4 Å². The van der Waals surface area contributed by atoms with Crippen molar-refractivity contribution in [2.75, 3.05) is 0 Å². The molecular weight excluding hydrogens is 378 g/mol. The lowest BCUT2D eigenvalue weighted by molar-refractivity contribution is -0.137. The molecule has 2 aromatic heterocycles. The van der Waals surface area contributed by atoms with Crippen molar-refractivity contribution in [1.29, 1.82) is 0 Å². The average molecular weight is 399 g/mol. The molecule has 0 spiro atoms. The molecule has 28 heavy (non-hydrogen) atoms. The molecule has 7 nitrogen and oxygen atoms in total. The first kappa shape index (κ1) is 19.8. The van der Waals surface area contributed by atoms with Gasteiger partial charge in [-0.2, -0.15) is 0 Å². The summed E-state index contributed by atoms with van der Waals surface area (Å²) < 4.78 is 1.44. The fourth-order valence-corrected chi connectivity index (χ4v) is 3.95. The van der Waals surface area contributed by atoms with Crippen molar-refractivity contribution in [3.05, 3.63) is 68.6 Å². The predicted octanol–water partition coefficient (Wildman–Crippen LogP) is 2.58. The van der Waals surface area contributed by atoms with Gasteiger partial charge in [0.25, 0.3) is 11.5 Å². The zero-order valence-electron chi connectivity index (χ0n) is 15.6. The van der Waals surface area contributed by atoms with Crippen molar-refractivity contribution in [2.24, 2.45) is 0 Å². The monoisotopic (exact) mass is 399 g/mol. The van der Waals surface area contributed by atoms with Crippen LogP contribution < -0.4 is 10.9 Å². The van der Waals surface area contributed by atoms with Gasteiger partial charge < -0.3 is 10.4 Å². The Kier molecular flexibility index (Phi) is 5.89. The Bertz CT molecular complexity index is 1070. The van der Waals surface area contributed by atoms with Gasteiger partial charge in [0.15, 0.2) is 4.96 Å². The minimum atomic E-state index is -0.931. The summed E-state index contributed by atoms with van der Waals surface area (Å²) in [4.78, 5) is 42.3. The fourth-order valence-electron chi connectivity index (χ4n) is 3.02. The smallest absolute Gasteiger partial charge is 0.303 e. The number of aliphatic carboxylic acids is 1. The van der Waals surface area contributed by atoms with Crippen LogP contribution in [0.3, 0.4) is 0 Å². The standard InChI is InChI=1S/C20H21N3O4S/c1-12-13(2)28-20-21-11-16(19(27)23(12)20)18(26)22-15(8-9-17(24)25)10-14-6-4-3-5-7-14/h3-7,11,15H,8-10H2,1-2H3,(H,22,26)(H,24,25). The summed E-state index contributed by atoms with van der Waals surface area (Å²) in [6.45, 7) is 3.71. The summed E-state index contributed by atoms with van der Waals surface area (Å²) >= 11 is 1.40. The molecule has 146 valence electrons. The van der Waals surface area contributed by atoms with Gasteiger partial charge in [0.2, 0.25) is 0 Å². The highest BCUT2D eigenvalue weighted by atomic mass is 32.1. The fraction of sp³-hybridized carbons (Fsp3) is 0.300. The number of aromatic nitrogens is 2. The summed E-state index contributed by atoms with van der Waals surface area (Å²) in [5.74, 6) is -1.47. The normalized spacial score (nSPS) is 12.1. The van der Waals surface area contributed by atoms with Crippen molar-refractivity contribution >= 4 is 28.2 Å². The second-order valence-electron chi connectivity index (χ2n) is 6.63. The number of benzene rings is 1. The number of rotatable bonds is 7. The van der Waals surface area contributed by atoms with Gasteiger partial charge >= 0.3 is 5.97 Å². The molecule has 3 rings (SSSR count). The highest BCUT2D eigenvalue weighted by Crippen LogP contribution is 2.18. The van der Waals surface area contributed by atoms with Crippen LogP contribution in [0.5, 0.6) is 0 Å². The maximum Gasteiger partial charge on any atom is 0.303 e. The Morgan fingerprint density at radius 1 is 1.25 bits per heavy atom. The Morgan fingerprint density at radius 2 is 1.96 bits per heavy atom. The van der Waals surface area contributed by atoms with E-state index >= 15 is 0 Å². The van der Waals surface area contributed by atoms with E-state index in [4.69, 9.17) is 5.11 Å². The first-order valence-corrected chi connectivity index (χ1v) is 9.72. The van der Waals surface area contributed by atoms with Crippen LogP contribution >= 0.6 is 11.3 Å². The molecule has 1 amide bonds. The van der Waals surface area contributed by atoms with Crippen molar-refractivity contribution in [2.45, 2.75) is 39.2 Å². The molecule has 0 saturated heterocycles. The van der Waals surface area contributed by atoms with Crippen LogP contribution in [0.15, 0.2) is 41.3 Å². The van der Waals surface area contributed by atoms with Gasteiger partial charge in [0.1, 0.15) is 5.56 Å². The number of hydrogen-bond acceptors (Lipinski definition) is 5. The highest BCUT2D eigenvalue weighted by molar-refractivity contribution is 7.17. The van der Waals surface area contributed by atoms with Crippen molar-refractivity contribution < 1.29 is 14.7 Å². The summed E-state index contributed by atoms with van der Waals surface area (Å²) in [6.07, 6.45) is 1.97. The highest BCUT2D eigenvalue weighted by Gasteiger charge is 2.20. The van der Waals surface area contributed by atoms with Crippen molar-refractivity contribution in [3.8, 4) is 0 Å². The van der Waals surface area contributed by atoms with Crippen LogP contribution in [0.4, 0.5) is 0 Å². The van der Waals surface area contributed by atoms with Gasteiger partial charge in [-0.15, -0.1) is 11.3 Å². The number of carbonyl (C=O) groups excluding carboxylic acids is 1. The number of nitrogens with zero attached hydrogens (tertiary/aromatic N) is 2. The Labute approximate surface area is 165 Å². The topological polar surface area (TPSA) is 101 Å². The van der Waals surface area contributed by atoms with Crippen LogP contribution in [0, 0.1) is 13.8 Å². The number of amides is 1. The van der Waals surface area contributed by atoms with E-state index in [1.165, 1.54) is 21.9 Å². The molecule has 1 atom stereocenters. The molecule has 1 aromatic carbocycles. The largest absolute Gasteiger partial charge is 0.481 e. The summed E-state index contributed by atoms with van der Waals surface area (Å²) in [5.41, 5.74) is 1.28. The summed E-state index contributed by atoms with van der Waals surface area (Å²) in [5, 5.41) is 11.8. The van der Waals surface area contributed by atoms with Gasteiger partial charge in [0, 0.05) is 29.2 Å². The Balaban J connectivity index is 1.85. The van der Waals surface area contributed by atoms with E-state index in [2.05, 4.69) is 10.3 Å². The van der Waals surface area contributed by atoms with E-state index in [0.717, 1.165) is 16.1 Å². The molecule has 0 aliphatic heterocycles. The molecule has 0 aliphatic carbocycles. The number of fused-ring (bicyclic) bond motifs is 1. The van der Waals surface area contributed by atoms with Crippen molar-refractivity contribution in [3.63, 3.8) is 0 Å². The van der Waals surface area contributed by atoms with Crippen LogP contribution in [0.25, 0.3) is 4.96 Å². The Hall–Kier alpha value is -3.00. The second kappa shape index (κ2) is 8.35. The average Bonchev–Trinajstić information content (AvgIpc) is 2.95. The van der Waals surface area contributed by atoms with E-state index in [9.17, 15) is 14.4 Å². The zero-order valence-corrected chi connectivity index (χ0v) is 16.5. The Morgan fingerprint density at radius 3 is 2.64 bits per heavy atom. The van der Waals surface area contributed by atoms with Gasteiger partial charge in [-0.05, 0) is 32.3 Å². The lowest BCUT2D eigenvalue weighted by Crippen LogP contribution is -2.40. The molecule has 1 unspecified atom stereocenters. The first-order chi connectivity index (χ1) is 13.4. The third-order valence-electron chi connectivity index (χ3n) is 4.63. The molecule has 2 heterocycles. The maximum absolute atomic E-state index is 12.8. The zero-order chi connectivity index (χ0) is 20.3. The number of carboxylic acid groups (broad SMARTS) is 1. The maximum atomic E-state index is 12.8. The number of carbonyl (C=O) groups is 2. The van der Waals surface area contributed by atoms with E-state index in [-0.39, 0.29) is 18.4 Å². The number of hydrogen-bond donors (Lipinski definition) is 2. The van der Waals surface area contributed by atoms with Crippen molar-refractivity contribution in [1.82, 2.24) is 14.7 Å². The molecule has 0 radical (unpaired) electrons. The van der Waals surface area contributed by atoms with Gasteiger partial charge in [-0.25, -0.2) is 4.98 Å². The molecule has 0 bridgehead atoms. The molecule has 0 fully saturated rings. The summed E-state index contributed by atoms with van der Waals surface area (Å²) in [6, 6.07) is 9.09. The first-order valence-electron chi connectivity index (χ1n) is 8.91. The van der Waals surface area contributed by atoms with E-state index in [1.54, 1.807) is 0 Å². The predicted molar refractivity (Wildman–Crippen MR) is 107 cm³/mol. The summed E-state index contributed by atoms with van der Waals surface area (Å²) in [7, 11) is 0. The van der Waals surface area contributed by atoms with E-state index in [1.807, 2.05) is 44.2 Å². The van der Waals surface area contributed by atoms with Crippen LogP contribution in [-0.2, 0) is 11.2 Å². The molecule has 3 aromatic rings. The third kappa shape index (κ3) is 4.28. The van der Waals surface area contributed by atoms with Gasteiger partial charge in [-0.1, -0.05) is 30.3 Å². The molecular formula is C20H21N3O4S. The van der Waals surface area contributed by atoms with E-state index < -0.39 is 23.5 Å². The number of aryl methyl sites for hydroxylation is 2. The quantitative estimate of drug-likeness (QED) is 0.636. The van der Waals surface area contributed by atoms with Crippen LogP contribution in [0.1, 0.15) is 39.3 Å². The van der Waals surface area contributed by atoms with Gasteiger partial charge in [-0.3, -0.25) is 18.8 Å². The molecule has 0 saturated carbocycles. The van der Waals surface area contributed by atoms with Crippen LogP contribution in [0.2, 0.25) is 0 Å². The second-order valence-corrected chi connectivity index (χ2v) is 7.81. The SMILES string of the molecule is Cc1sc2ncc(C(=O)NC(CCC(=O)O)Cc3ccccc3)c(=O)n2c1C. The molecule has 0 aliphatic rings. The third-order valence-corrected chi connectivity index (χ3v) is 5.70. The van der Waals surface area contributed by atoms with Gasteiger partial charge in [0.05, 0.1) is 0 Å². The number of thiazole rings is 1. The lowest BCUT2D eigenvalue weighted by atomic mass is 10.0. The molecule has 8 heteroatoms. The minimum Gasteiger partial charge on any atom is -0.481 e. The minimum absolute atomic E-state index is 0.0493. The van der Waals surface area contributed by atoms with E-state index in [0.29, 0.717) is 11.4 Å². The lowest BCUT2D eigenvalue weighted by Gasteiger charge is -2.18.